The highest BCUT2D eigenvalue weighted by molar-refractivity contribution is 6.35. The molecule has 2 heterocycles. The van der Waals surface area contributed by atoms with Gasteiger partial charge in [0, 0.05) is 58.0 Å². The largest absolute Gasteiger partial charge is 0.346 e. The Morgan fingerprint density at radius 3 is 2.00 bits per heavy atom. The first-order chi connectivity index (χ1) is 11.8. The van der Waals surface area contributed by atoms with Crippen molar-refractivity contribution in [1.82, 2.24) is 20.0 Å². The van der Waals surface area contributed by atoms with Gasteiger partial charge in [-0.1, -0.05) is 0 Å². The molecule has 2 saturated heterocycles. The number of amides is 5. The van der Waals surface area contributed by atoms with E-state index in [1.165, 1.54) is 4.90 Å². The van der Waals surface area contributed by atoms with Crippen molar-refractivity contribution in [3.8, 4) is 0 Å². The Morgan fingerprint density at radius 1 is 0.960 bits per heavy atom. The Bertz CT molecular complexity index is 565. The third-order valence-electron chi connectivity index (χ3n) is 4.24. The molecular weight excluding hydrogens is 328 g/mol. The molecule has 2 aliphatic rings. The molecule has 0 radical (unpaired) electrons. The van der Waals surface area contributed by atoms with Crippen LogP contribution in [-0.2, 0) is 24.0 Å². The zero-order valence-corrected chi connectivity index (χ0v) is 14.6. The average Bonchev–Trinajstić information content (AvgIpc) is 2.89. The molecule has 2 aliphatic heterocycles. The number of imide groups is 1. The zero-order chi connectivity index (χ0) is 18.6. The summed E-state index contributed by atoms with van der Waals surface area (Å²) in [5.74, 6) is -1.85. The molecule has 0 bridgehead atoms. The second kappa shape index (κ2) is 8.09. The summed E-state index contributed by atoms with van der Waals surface area (Å²) in [4.78, 5) is 63.2. The Labute approximate surface area is 146 Å². The van der Waals surface area contributed by atoms with Gasteiger partial charge in [-0.3, -0.25) is 28.9 Å². The van der Waals surface area contributed by atoms with Gasteiger partial charge in [-0.2, -0.15) is 0 Å². The van der Waals surface area contributed by atoms with Crippen LogP contribution in [0.3, 0.4) is 0 Å². The summed E-state index contributed by atoms with van der Waals surface area (Å²) in [5.41, 5.74) is 0. The number of piperazine rings is 1. The molecule has 0 aliphatic carbocycles. The van der Waals surface area contributed by atoms with Crippen molar-refractivity contribution < 1.29 is 24.0 Å². The molecule has 25 heavy (non-hydrogen) atoms. The highest BCUT2D eigenvalue weighted by Gasteiger charge is 2.31. The lowest BCUT2D eigenvalue weighted by Crippen LogP contribution is -2.54. The Morgan fingerprint density at radius 2 is 1.48 bits per heavy atom. The standard InChI is InChI=1S/C16H24N4O5/c1-11(2)17-15(24)16(25)19-9-7-18(8-10-19)12(21)5-6-20-13(22)3-4-14(20)23/h11H,3-10H2,1-2H3,(H,17,24). The van der Waals surface area contributed by atoms with Crippen LogP contribution in [-0.4, -0.2) is 83.0 Å². The summed E-state index contributed by atoms with van der Waals surface area (Å²) in [6, 6.07) is -0.115. The zero-order valence-electron chi connectivity index (χ0n) is 14.6. The van der Waals surface area contributed by atoms with Crippen LogP contribution in [0.5, 0.6) is 0 Å². The normalized spacial score (nSPS) is 18.1. The maximum Gasteiger partial charge on any atom is 0.312 e. The van der Waals surface area contributed by atoms with E-state index in [0.717, 1.165) is 4.90 Å². The van der Waals surface area contributed by atoms with Gasteiger partial charge in [0.15, 0.2) is 0 Å². The topological polar surface area (TPSA) is 107 Å². The van der Waals surface area contributed by atoms with E-state index in [2.05, 4.69) is 5.32 Å². The molecule has 1 N–H and O–H groups in total. The van der Waals surface area contributed by atoms with E-state index in [1.807, 2.05) is 0 Å². The maximum atomic E-state index is 12.2. The number of nitrogens with zero attached hydrogens (tertiary/aromatic N) is 3. The van der Waals surface area contributed by atoms with Gasteiger partial charge < -0.3 is 15.1 Å². The number of hydrogen-bond donors (Lipinski definition) is 1. The van der Waals surface area contributed by atoms with E-state index < -0.39 is 11.8 Å². The van der Waals surface area contributed by atoms with E-state index in [9.17, 15) is 24.0 Å². The Kier molecular flexibility index (Phi) is 6.11. The lowest BCUT2D eigenvalue weighted by atomic mass is 10.2. The highest BCUT2D eigenvalue weighted by atomic mass is 16.2. The molecule has 0 aromatic carbocycles. The van der Waals surface area contributed by atoms with Crippen LogP contribution in [0.2, 0.25) is 0 Å². The summed E-state index contributed by atoms with van der Waals surface area (Å²) in [5, 5.41) is 2.55. The maximum absolute atomic E-state index is 12.2. The lowest BCUT2D eigenvalue weighted by molar-refractivity contribution is -0.148. The minimum absolute atomic E-state index is 0.0826. The quantitative estimate of drug-likeness (QED) is 0.501. The number of carbonyl (C=O) groups excluding carboxylic acids is 5. The second-order valence-corrected chi connectivity index (χ2v) is 6.49. The molecule has 2 rings (SSSR count). The lowest BCUT2D eigenvalue weighted by Gasteiger charge is -2.34. The fraction of sp³-hybridized carbons (Fsp3) is 0.688. The van der Waals surface area contributed by atoms with Crippen LogP contribution in [0.4, 0.5) is 0 Å². The first-order valence-corrected chi connectivity index (χ1v) is 8.50. The summed E-state index contributed by atoms with van der Waals surface area (Å²) < 4.78 is 0. The van der Waals surface area contributed by atoms with Crippen molar-refractivity contribution in [1.29, 1.82) is 0 Å². The van der Waals surface area contributed by atoms with Gasteiger partial charge in [-0.25, -0.2) is 0 Å². The van der Waals surface area contributed by atoms with Gasteiger partial charge >= 0.3 is 11.8 Å². The molecule has 9 heteroatoms. The van der Waals surface area contributed by atoms with Crippen molar-refractivity contribution in [3.63, 3.8) is 0 Å². The highest BCUT2D eigenvalue weighted by Crippen LogP contribution is 2.13. The molecule has 9 nitrogen and oxygen atoms in total. The van der Waals surface area contributed by atoms with E-state index in [0.29, 0.717) is 13.1 Å². The Balaban J connectivity index is 1.76. The molecule has 0 spiro atoms. The van der Waals surface area contributed by atoms with E-state index in [-0.39, 0.29) is 62.7 Å². The molecule has 0 saturated carbocycles. The van der Waals surface area contributed by atoms with Gasteiger partial charge in [0.2, 0.25) is 17.7 Å². The number of hydrogen-bond acceptors (Lipinski definition) is 5. The van der Waals surface area contributed by atoms with Crippen LogP contribution in [0.25, 0.3) is 0 Å². The molecule has 0 aromatic rings. The van der Waals surface area contributed by atoms with Crippen LogP contribution >= 0.6 is 0 Å². The first-order valence-electron chi connectivity index (χ1n) is 8.50. The molecule has 5 amide bonds. The van der Waals surface area contributed by atoms with E-state index in [4.69, 9.17) is 0 Å². The van der Waals surface area contributed by atoms with Crippen molar-refractivity contribution >= 4 is 29.5 Å². The van der Waals surface area contributed by atoms with Crippen molar-refractivity contribution in [2.75, 3.05) is 32.7 Å². The fourth-order valence-corrected chi connectivity index (χ4v) is 2.86. The Hall–Kier alpha value is -2.45. The molecule has 2 fully saturated rings. The number of rotatable bonds is 4. The second-order valence-electron chi connectivity index (χ2n) is 6.49. The third-order valence-corrected chi connectivity index (χ3v) is 4.24. The van der Waals surface area contributed by atoms with Crippen molar-refractivity contribution in [2.45, 2.75) is 39.2 Å². The smallest absolute Gasteiger partial charge is 0.312 e. The summed E-state index contributed by atoms with van der Waals surface area (Å²) in [6.45, 7) is 4.90. The first kappa shape index (κ1) is 18.9. The summed E-state index contributed by atoms with van der Waals surface area (Å²) in [6.07, 6.45) is 0.512. The minimum Gasteiger partial charge on any atom is -0.346 e. The molecule has 0 atom stereocenters. The van der Waals surface area contributed by atoms with Crippen molar-refractivity contribution in [2.24, 2.45) is 0 Å². The number of likely N-dealkylation sites (tertiary alicyclic amines) is 1. The van der Waals surface area contributed by atoms with Crippen LogP contribution in [0, 0.1) is 0 Å². The number of carbonyl (C=O) groups is 5. The minimum atomic E-state index is -0.638. The fourth-order valence-electron chi connectivity index (χ4n) is 2.86. The average molecular weight is 352 g/mol. The SMILES string of the molecule is CC(C)NC(=O)C(=O)N1CCN(C(=O)CCN2C(=O)CCC2=O)CC1. The third kappa shape index (κ3) is 4.77. The predicted molar refractivity (Wildman–Crippen MR) is 87.0 cm³/mol. The number of nitrogens with one attached hydrogen (secondary N) is 1. The van der Waals surface area contributed by atoms with Gasteiger partial charge in [0.05, 0.1) is 0 Å². The van der Waals surface area contributed by atoms with Crippen LogP contribution < -0.4 is 5.32 Å². The molecular formula is C16H24N4O5. The molecule has 0 unspecified atom stereocenters. The van der Waals surface area contributed by atoms with Gasteiger partial charge in [-0.15, -0.1) is 0 Å². The van der Waals surface area contributed by atoms with E-state index >= 15 is 0 Å². The van der Waals surface area contributed by atoms with Gasteiger partial charge in [0.25, 0.3) is 0 Å². The van der Waals surface area contributed by atoms with Gasteiger partial charge in [0.1, 0.15) is 0 Å². The summed E-state index contributed by atoms with van der Waals surface area (Å²) in [7, 11) is 0. The van der Waals surface area contributed by atoms with Crippen LogP contribution in [0.1, 0.15) is 33.1 Å². The predicted octanol–water partition coefficient (Wildman–Crippen LogP) is -1.28. The molecule has 138 valence electrons. The monoisotopic (exact) mass is 352 g/mol. The van der Waals surface area contributed by atoms with Crippen molar-refractivity contribution in [3.05, 3.63) is 0 Å². The van der Waals surface area contributed by atoms with Crippen LogP contribution in [0.15, 0.2) is 0 Å². The molecule has 0 aromatic heterocycles. The summed E-state index contributed by atoms with van der Waals surface area (Å²) >= 11 is 0. The van der Waals surface area contributed by atoms with Gasteiger partial charge in [-0.05, 0) is 13.8 Å². The van der Waals surface area contributed by atoms with E-state index in [1.54, 1.807) is 18.7 Å².